The average Bonchev–Trinajstić information content (AvgIpc) is 2.79. The lowest BCUT2D eigenvalue weighted by atomic mass is 10.1. The number of nitrogens with one attached hydrogen (secondary N) is 1. The Morgan fingerprint density at radius 1 is 1.40 bits per heavy atom. The first-order valence-electron chi connectivity index (χ1n) is 6.10. The monoisotopic (exact) mass is 294 g/mol. The summed E-state index contributed by atoms with van der Waals surface area (Å²) in [4.78, 5) is 16.5. The maximum Gasteiger partial charge on any atom is 0.407 e. The molecule has 1 N–H and O–H groups in total. The summed E-state index contributed by atoms with van der Waals surface area (Å²) in [5.41, 5.74) is 1.96. The highest BCUT2D eigenvalue weighted by Gasteiger charge is 2.09. The molecule has 1 aromatic carbocycles. The van der Waals surface area contributed by atoms with Crippen molar-refractivity contribution < 1.29 is 13.9 Å². The van der Waals surface area contributed by atoms with Gasteiger partial charge in [-0.15, -0.1) is 11.3 Å². The molecule has 0 aliphatic rings. The van der Waals surface area contributed by atoms with Crippen molar-refractivity contribution in [2.45, 2.75) is 19.9 Å². The number of ether oxygens (including phenoxy) is 1. The summed E-state index contributed by atoms with van der Waals surface area (Å²) in [6, 6.07) is 6.43. The molecule has 2 rings (SSSR count). The fraction of sp³-hybridized carbons (Fsp3) is 0.286. The zero-order valence-corrected chi connectivity index (χ0v) is 12.1. The first-order valence-corrected chi connectivity index (χ1v) is 6.91. The predicted octanol–water partition coefficient (Wildman–Crippen LogP) is 3.04. The van der Waals surface area contributed by atoms with Crippen LogP contribution in [0.5, 0.6) is 0 Å². The van der Waals surface area contributed by atoms with Gasteiger partial charge in [-0.2, -0.15) is 0 Å². The number of thiazole rings is 1. The number of hydrogen-bond acceptors (Lipinski definition) is 4. The highest BCUT2D eigenvalue weighted by molar-refractivity contribution is 7.11. The number of halogens is 1. The highest BCUT2D eigenvalue weighted by atomic mass is 32.1. The van der Waals surface area contributed by atoms with Gasteiger partial charge in [0, 0.05) is 11.3 Å². The van der Waals surface area contributed by atoms with Gasteiger partial charge < -0.3 is 10.1 Å². The molecule has 0 unspecified atom stereocenters. The van der Waals surface area contributed by atoms with E-state index in [9.17, 15) is 9.18 Å². The SMILES string of the molecule is COC(=O)NCc1nc(C)c(Cc2ccc(F)cc2)s1. The summed E-state index contributed by atoms with van der Waals surface area (Å²) >= 11 is 1.54. The van der Waals surface area contributed by atoms with Crippen molar-refractivity contribution in [2.75, 3.05) is 7.11 Å². The van der Waals surface area contributed by atoms with Crippen molar-refractivity contribution >= 4 is 17.4 Å². The molecule has 106 valence electrons. The molecular weight excluding hydrogens is 279 g/mol. The van der Waals surface area contributed by atoms with E-state index in [-0.39, 0.29) is 5.82 Å². The maximum absolute atomic E-state index is 12.9. The summed E-state index contributed by atoms with van der Waals surface area (Å²) in [6.07, 6.45) is 0.236. The molecular formula is C14H15FN2O2S. The molecule has 0 atom stereocenters. The van der Waals surface area contributed by atoms with Gasteiger partial charge in [0.1, 0.15) is 10.8 Å². The minimum atomic E-state index is -0.474. The van der Waals surface area contributed by atoms with E-state index in [1.807, 2.05) is 6.92 Å². The number of hydrogen-bond donors (Lipinski definition) is 1. The Morgan fingerprint density at radius 3 is 2.75 bits per heavy atom. The van der Waals surface area contributed by atoms with Crippen LogP contribution in [0.15, 0.2) is 24.3 Å². The fourth-order valence-corrected chi connectivity index (χ4v) is 2.78. The Morgan fingerprint density at radius 2 is 2.10 bits per heavy atom. The van der Waals surface area contributed by atoms with E-state index >= 15 is 0 Å². The number of amides is 1. The molecule has 0 bridgehead atoms. The number of carbonyl (C=O) groups is 1. The Bertz CT molecular complexity index is 596. The molecule has 0 spiro atoms. The van der Waals surface area contributed by atoms with Gasteiger partial charge in [-0.25, -0.2) is 14.2 Å². The third-order valence-electron chi connectivity index (χ3n) is 2.78. The van der Waals surface area contributed by atoms with Gasteiger partial charge in [0.2, 0.25) is 0 Å². The van der Waals surface area contributed by atoms with Crippen LogP contribution in [-0.4, -0.2) is 18.2 Å². The third-order valence-corrected chi connectivity index (χ3v) is 3.94. The van der Waals surface area contributed by atoms with Crippen molar-refractivity contribution in [3.8, 4) is 0 Å². The van der Waals surface area contributed by atoms with Gasteiger partial charge in [-0.3, -0.25) is 0 Å². The van der Waals surface area contributed by atoms with E-state index < -0.39 is 6.09 Å². The first kappa shape index (κ1) is 14.5. The number of aryl methyl sites for hydroxylation is 1. The van der Waals surface area contributed by atoms with Crippen LogP contribution < -0.4 is 5.32 Å². The number of aromatic nitrogens is 1. The normalized spacial score (nSPS) is 10.3. The quantitative estimate of drug-likeness (QED) is 0.943. The summed E-state index contributed by atoms with van der Waals surface area (Å²) in [5, 5.41) is 3.42. The van der Waals surface area contributed by atoms with Crippen LogP contribution in [0.3, 0.4) is 0 Å². The number of rotatable bonds is 4. The second-order valence-electron chi connectivity index (χ2n) is 4.26. The molecule has 20 heavy (non-hydrogen) atoms. The van der Waals surface area contributed by atoms with Crippen LogP contribution >= 0.6 is 11.3 Å². The molecule has 0 fully saturated rings. The number of alkyl carbamates (subject to hydrolysis) is 1. The molecule has 0 saturated heterocycles. The highest BCUT2D eigenvalue weighted by Crippen LogP contribution is 2.21. The number of nitrogens with zero attached hydrogens (tertiary/aromatic N) is 1. The molecule has 0 saturated carbocycles. The summed E-state index contributed by atoms with van der Waals surface area (Å²) in [7, 11) is 1.32. The third kappa shape index (κ3) is 3.77. The zero-order chi connectivity index (χ0) is 14.5. The molecule has 6 heteroatoms. The molecule has 0 aliphatic heterocycles. The number of methoxy groups -OCH3 is 1. The van der Waals surface area contributed by atoms with Crippen molar-refractivity contribution in [1.82, 2.24) is 10.3 Å². The summed E-state index contributed by atoms with van der Waals surface area (Å²) < 4.78 is 17.4. The van der Waals surface area contributed by atoms with Crippen LogP contribution in [0, 0.1) is 12.7 Å². The van der Waals surface area contributed by atoms with Crippen LogP contribution in [-0.2, 0) is 17.7 Å². The van der Waals surface area contributed by atoms with Gasteiger partial charge in [0.05, 0.1) is 19.3 Å². The zero-order valence-electron chi connectivity index (χ0n) is 11.3. The molecule has 1 amide bonds. The number of benzene rings is 1. The molecule has 4 nitrogen and oxygen atoms in total. The van der Waals surface area contributed by atoms with Gasteiger partial charge in [0.15, 0.2) is 0 Å². The summed E-state index contributed by atoms with van der Waals surface area (Å²) in [6.45, 7) is 2.28. The van der Waals surface area contributed by atoms with E-state index in [1.54, 1.807) is 12.1 Å². The van der Waals surface area contributed by atoms with E-state index in [0.29, 0.717) is 13.0 Å². The predicted molar refractivity (Wildman–Crippen MR) is 75.3 cm³/mol. The van der Waals surface area contributed by atoms with Gasteiger partial charge >= 0.3 is 6.09 Å². The van der Waals surface area contributed by atoms with Crippen LogP contribution in [0.25, 0.3) is 0 Å². The average molecular weight is 294 g/mol. The fourth-order valence-electron chi connectivity index (χ4n) is 1.74. The number of carbonyl (C=O) groups excluding carboxylic acids is 1. The lowest BCUT2D eigenvalue weighted by Gasteiger charge is -2.00. The summed E-state index contributed by atoms with van der Waals surface area (Å²) in [5.74, 6) is -0.238. The van der Waals surface area contributed by atoms with Gasteiger partial charge in [-0.1, -0.05) is 12.1 Å². The second-order valence-corrected chi connectivity index (χ2v) is 5.43. The Balaban J connectivity index is 2.03. The minimum Gasteiger partial charge on any atom is -0.453 e. The molecule has 1 heterocycles. The topological polar surface area (TPSA) is 51.2 Å². The van der Waals surface area contributed by atoms with Crippen LogP contribution in [0.2, 0.25) is 0 Å². The van der Waals surface area contributed by atoms with E-state index in [1.165, 1.54) is 30.6 Å². The van der Waals surface area contributed by atoms with Crippen molar-refractivity contribution in [1.29, 1.82) is 0 Å². The van der Waals surface area contributed by atoms with Crippen molar-refractivity contribution in [3.05, 3.63) is 51.2 Å². The molecule has 2 aromatic rings. The molecule has 1 aromatic heterocycles. The lowest BCUT2D eigenvalue weighted by Crippen LogP contribution is -2.22. The molecule has 0 radical (unpaired) electrons. The van der Waals surface area contributed by atoms with E-state index in [4.69, 9.17) is 0 Å². The maximum atomic E-state index is 12.9. The van der Waals surface area contributed by atoms with Crippen molar-refractivity contribution in [2.24, 2.45) is 0 Å². The first-order chi connectivity index (χ1) is 9.58. The van der Waals surface area contributed by atoms with E-state index in [0.717, 1.165) is 21.1 Å². The van der Waals surface area contributed by atoms with Crippen molar-refractivity contribution in [3.63, 3.8) is 0 Å². The second kappa shape index (κ2) is 6.47. The standard InChI is InChI=1S/C14H15FN2O2S/c1-9-12(7-10-3-5-11(15)6-4-10)20-13(17-9)8-16-14(18)19-2/h3-6H,7-8H2,1-2H3,(H,16,18). The van der Waals surface area contributed by atoms with E-state index in [2.05, 4.69) is 15.0 Å². The van der Waals surface area contributed by atoms with Crippen LogP contribution in [0.4, 0.5) is 9.18 Å². The Hall–Kier alpha value is -1.95. The van der Waals surface area contributed by atoms with Crippen LogP contribution in [0.1, 0.15) is 21.1 Å². The minimum absolute atomic E-state index is 0.238. The smallest absolute Gasteiger partial charge is 0.407 e. The Kier molecular flexibility index (Phi) is 4.68. The lowest BCUT2D eigenvalue weighted by molar-refractivity contribution is 0.170. The molecule has 0 aliphatic carbocycles. The van der Waals surface area contributed by atoms with Gasteiger partial charge in [-0.05, 0) is 24.6 Å². The Labute approximate surface area is 120 Å². The van der Waals surface area contributed by atoms with Gasteiger partial charge in [0.25, 0.3) is 0 Å². The largest absolute Gasteiger partial charge is 0.453 e.